The third kappa shape index (κ3) is 3.71. The van der Waals surface area contributed by atoms with Gasteiger partial charge in [-0.3, -0.25) is 0 Å². The minimum atomic E-state index is -0.392. The van der Waals surface area contributed by atoms with Gasteiger partial charge in [0.25, 0.3) is 0 Å². The summed E-state index contributed by atoms with van der Waals surface area (Å²) >= 11 is 3.47. The summed E-state index contributed by atoms with van der Waals surface area (Å²) in [5.41, 5.74) is 0.953. The summed E-state index contributed by atoms with van der Waals surface area (Å²) in [7, 11) is 0. The van der Waals surface area contributed by atoms with E-state index in [0.29, 0.717) is 12.5 Å². The normalized spacial score (nSPS) is 12.8. The molecule has 0 saturated carbocycles. The lowest BCUT2D eigenvalue weighted by atomic mass is 9.91. The Kier molecular flexibility index (Phi) is 6.00. The Balaban J connectivity index is 2.88. The molecule has 1 atom stereocenters. The van der Waals surface area contributed by atoms with E-state index in [1.54, 1.807) is 0 Å². The SMILES string of the molecule is CCOc1ccc(C(O)C(CC)CC)cc1Br. The van der Waals surface area contributed by atoms with E-state index in [0.717, 1.165) is 28.6 Å². The van der Waals surface area contributed by atoms with Crippen LogP contribution in [0.15, 0.2) is 22.7 Å². The molecule has 0 spiro atoms. The van der Waals surface area contributed by atoms with Gasteiger partial charge in [-0.25, -0.2) is 0 Å². The van der Waals surface area contributed by atoms with Gasteiger partial charge in [0.05, 0.1) is 17.2 Å². The number of benzene rings is 1. The zero-order valence-corrected chi connectivity index (χ0v) is 12.3. The van der Waals surface area contributed by atoms with Crippen LogP contribution >= 0.6 is 15.9 Å². The van der Waals surface area contributed by atoms with E-state index in [2.05, 4.69) is 29.8 Å². The number of hydrogen-bond donors (Lipinski definition) is 1. The molecule has 0 amide bonds. The summed E-state index contributed by atoms with van der Waals surface area (Å²) in [5, 5.41) is 10.3. The predicted octanol–water partition coefficient (Wildman–Crippen LogP) is 4.32. The number of ether oxygens (including phenoxy) is 1. The van der Waals surface area contributed by atoms with Crippen molar-refractivity contribution in [3.63, 3.8) is 0 Å². The Hall–Kier alpha value is -0.540. The second kappa shape index (κ2) is 7.02. The first-order valence-corrected chi connectivity index (χ1v) is 7.03. The largest absolute Gasteiger partial charge is 0.493 e. The van der Waals surface area contributed by atoms with Crippen LogP contribution in [0.1, 0.15) is 45.3 Å². The molecule has 0 radical (unpaired) electrons. The van der Waals surface area contributed by atoms with Gasteiger partial charge in [0.1, 0.15) is 5.75 Å². The third-order valence-electron chi connectivity index (χ3n) is 3.09. The van der Waals surface area contributed by atoms with Gasteiger partial charge < -0.3 is 9.84 Å². The van der Waals surface area contributed by atoms with Crippen LogP contribution in [0, 0.1) is 5.92 Å². The van der Waals surface area contributed by atoms with E-state index < -0.39 is 6.10 Å². The van der Waals surface area contributed by atoms with Crippen LogP contribution in [0.3, 0.4) is 0 Å². The number of halogens is 1. The molecule has 1 unspecified atom stereocenters. The maximum Gasteiger partial charge on any atom is 0.133 e. The highest BCUT2D eigenvalue weighted by atomic mass is 79.9. The van der Waals surface area contributed by atoms with E-state index in [9.17, 15) is 5.11 Å². The average molecular weight is 301 g/mol. The molecular weight excluding hydrogens is 280 g/mol. The van der Waals surface area contributed by atoms with Crippen molar-refractivity contribution in [2.45, 2.75) is 39.7 Å². The summed E-state index contributed by atoms with van der Waals surface area (Å²) in [5.74, 6) is 1.15. The topological polar surface area (TPSA) is 29.5 Å². The molecule has 0 heterocycles. The van der Waals surface area contributed by atoms with Gasteiger partial charge in [0.2, 0.25) is 0 Å². The van der Waals surface area contributed by atoms with Gasteiger partial charge in [0.15, 0.2) is 0 Å². The molecule has 1 aromatic rings. The van der Waals surface area contributed by atoms with Crippen molar-refractivity contribution in [1.29, 1.82) is 0 Å². The number of hydrogen-bond acceptors (Lipinski definition) is 2. The van der Waals surface area contributed by atoms with Gasteiger partial charge in [-0.2, -0.15) is 0 Å². The second-order valence-corrected chi connectivity index (χ2v) is 5.00. The molecule has 1 N–H and O–H groups in total. The van der Waals surface area contributed by atoms with Crippen molar-refractivity contribution >= 4 is 15.9 Å². The first kappa shape index (κ1) is 14.5. The van der Waals surface area contributed by atoms with E-state index in [4.69, 9.17) is 4.74 Å². The smallest absolute Gasteiger partial charge is 0.133 e. The first-order chi connectivity index (χ1) is 8.13. The molecule has 0 bridgehead atoms. The van der Waals surface area contributed by atoms with Crippen molar-refractivity contribution in [1.82, 2.24) is 0 Å². The highest BCUT2D eigenvalue weighted by Gasteiger charge is 2.18. The molecule has 2 nitrogen and oxygen atoms in total. The first-order valence-electron chi connectivity index (χ1n) is 6.24. The molecule has 1 rings (SSSR count). The van der Waals surface area contributed by atoms with Gasteiger partial charge in [0, 0.05) is 0 Å². The number of aliphatic hydroxyl groups excluding tert-OH is 1. The van der Waals surface area contributed by atoms with Gasteiger partial charge >= 0.3 is 0 Å². The van der Waals surface area contributed by atoms with E-state index in [1.807, 2.05) is 25.1 Å². The molecular formula is C14H21BrO2. The Labute approximate surface area is 112 Å². The fraction of sp³-hybridized carbons (Fsp3) is 0.571. The Morgan fingerprint density at radius 2 is 1.88 bits per heavy atom. The molecule has 0 aliphatic carbocycles. The van der Waals surface area contributed by atoms with Crippen LogP contribution < -0.4 is 4.74 Å². The Morgan fingerprint density at radius 1 is 1.24 bits per heavy atom. The maximum atomic E-state index is 10.3. The maximum absolute atomic E-state index is 10.3. The molecule has 0 aromatic heterocycles. The lowest BCUT2D eigenvalue weighted by Crippen LogP contribution is -2.11. The van der Waals surface area contributed by atoms with E-state index in [-0.39, 0.29) is 0 Å². The molecule has 0 aliphatic rings. The van der Waals surface area contributed by atoms with Crippen molar-refractivity contribution < 1.29 is 9.84 Å². The monoisotopic (exact) mass is 300 g/mol. The van der Waals surface area contributed by atoms with Crippen molar-refractivity contribution in [3.8, 4) is 5.75 Å². The predicted molar refractivity (Wildman–Crippen MR) is 74.3 cm³/mol. The number of aliphatic hydroxyl groups is 1. The molecule has 1 aromatic carbocycles. The van der Waals surface area contributed by atoms with E-state index >= 15 is 0 Å². The van der Waals surface area contributed by atoms with Gasteiger partial charge in [-0.1, -0.05) is 32.8 Å². The van der Waals surface area contributed by atoms with Crippen molar-refractivity contribution in [2.75, 3.05) is 6.61 Å². The van der Waals surface area contributed by atoms with Crippen LogP contribution in [0.25, 0.3) is 0 Å². The van der Waals surface area contributed by atoms with Gasteiger partial charge in [-0.15, -0.1) is 0 Å². The number of rotatable bonds is 6. The fourth-order valence-electron chi connectivity index (χ4n) is 1.98. The summed E-state index contributed by atoms with van der Waals surface area (Å²) in [6, 6.07) is 5.81. The highest BCUT2D eigenvalue weighted by molar-refractivity contribution is 9.10. The lowest BCUT2D eigenvalue weighted by molar-refractivity contribution is 0.103. The molecule has 17 heavy (non-hydrogen) atoms. The van der Waals surface area contributed by atoms with Gasteiger partial charge in [-0.05, 0) is 46.5 Å². The minimum absolute atomic E-state index is 0.319. The van der Waals surface area contributed by atoms with Crippen LogP contribution in [-0.4, -0.2) is 11.7 Å². The van der Waals surface area contributed by atoms with Crippen LogP contribution in [0.2, 0.25) is 0 Å². The molecule has 3 heteroatoms. The standard InChI is InChI=1S/C14H21BrO2/c1-4-10(5-2)14(16)11-7-8-13(17-6-3)12(15)9-11/h7-10,14,16H,4-6H2,1-3H3. The summed E-state index contributed by atoms with van der Waals surface area (Å²) in [6.45, 7) is 6.83. The van der Waals surface area contributed by atoms with Crippen LogP contribution in [0.5, 0.6) is 5.75 Å². The zero-order chi connectivity index (χ0) is 12.8. The average Bonchev–Trinajstić information content (AvgIpc) is 2.33. The summed E-state index contributed by atoms with van der Waals surface area (Å²) in [4.78, 5) is 0. The minimum Gasteiger partial charge on any atom is -0.493 e. The Bertz CT molecular complexity index is 348. The molecule has 0 fully saturated rings. The van der Waals surface area contributed by atoms with Crippen molar-refractivity contribution in [2.24, 2.45) is 5.92 Å². The highest BCUT2D eigenvalue weighted by Crippen LogP contribution is 2.32. The zero-order valence-electron chi connectivity index (χ0n) is 10.7. The summed E-state index contributed by atoms with van der Waals surface area (Å²) < 4.78 is 6.36. The molecule has 0 saturated heterocycles. The quantitative estimate of drug-likeness (QED) is 0.848. The van der Waals surface area contributed by atoms with Crippen LogP contribution in [-0.2, 0) is 0 Å². The summed E-state index contributed by atoms with van der Waals surface area (Å²) in [6.07, 6.45) is 1.59. The lowest BCUT2D eigenvalue weighted by Gasteiger charge is -2.21. The molecule has 0 aliphatic heterocycles. The van der Waals surface area contributed by atoms with Crippen molar-refractivity contribution in [3.05, 3.63) is 28.2 Å². The van der Waals surface area contributed by atoms with Crippen LogP contribution in [0.4, 0.5) is 0 Å². The van der Waals surface area contributed by atoms with E-state index in [1.165, 1.54) is 0 Å². The Morgan fingerprint density at radius 3 is 2.35 bits per heavy atom. The second-order valence-electron chi connectivity index (χ2n) is 4.14. The fourth-order valence-corrected chi connectivity index (χ4v) is 2.49. The third-order valence-corrected chi connectivity index (χ3v) is 3.71. The molecule has 96 valence electrons.